The van der Waals surface area contributed by atoms with Crippen molar-refractivity contribution >= 4 is 5.78 Å². The van der Waals surface area contributed by atoms with Gasteiger partial charge < -0.3 is 9.47 Å². The number of hydrogen-bond acceptors (Lipinski definition) is 5. The number of fused-ring (bicyclic) bond motifs is 1. The molecule has 1 aliphatic heterocycles. The highest BCUT2D eigenvalue weighted by Crippen LogP contribution is 2.31. The van der Waals surface area contributed by atoms with Crippen molar-refractivity contribution in [1.82, 2.24) is 15.4 Å². The van der Waals surface area contributed by atoms with Crippen LogP contribution in [0.25, 0.3) is 0 Å². The van der Waals surface area contributed by atoms with Crippen molar-refractivity contribution in [3.8, 4) is 11.5 Å². The number of aromatic amines is 1. The van der Waals surface area contributed by atoms with Crippen molar-refractivity contribution in [2.75, 3.05) is 13.2 Å². The van der Waals surface area contributed by atoms with Gasteiger partial charge in [-0.1, -0.05) is 0 Å². The van der Waals surface area contributed by atoms with E-state index in [0.717, 1.165) is 0 Å². The molecule has 6 nitrogen and oxygen atoms in total. The summed E-state index contributed by atoms with van der Waals surface area (Å²) in [5.41, 5.74) is 0.782. The van der Waals surface area contributed by atoms with Gasteiger partial charge in [0.1, 0.15) is 13.2 Å². The Balaban J connectivity index is 1.96. The summed E-state index contributed by atoms with van der Waals surface area (Å²) in [7, 11) is 0. The molecule has 1 aromatic heterocycles. The molecule has 0 fully saturated rings. The Morgan fingerprint density at radius 2 is 2.06 bits per heavy atom. The predicted octanol–water partition coefficient (Wildman–Crippen LogP) is 0.807. The standard InChI is InChI=1S/C11H9N3O3/c15-11(8-6-12-14-13-8)7-1-2-9-10(5-7)17-4-3-16-9/h1-2,5-6H,3-4H2,(H,12,13,14). The minimum absolute atomic E-state index is 0.198. The molecule has 17 heavy (non-hydrogen) atoms. The highest BCUT2D eigenvalue weighted by atomic mass is 16.6. The topological polar surface area (TPSA) is 77.1 Å². The molecular weight excluding hydrogens is 222 g/mol. The molecule has 0 amide bonds. The molecule has 2 aromatic rings. The number of hydrogen-bond donors (Lipinski definition) is 1. The molecule has 0 saturated carbocycles. The number of ketones is 1. The molecule has 3 rings (SSSR count). The van der Waals surface area contributed by atoms with Gasteiger partial charge in [-0.15, -0.1) is 0 Å². The van der Waals surface area contributed by atoms with Crippen molar-refractivity contribution in [2.24, 2.45) is 0 Å². The van der Waals surface area contributed by atoms with E-state index in [-0.39, 0.29) is 11.5 Å². The third kappa shape index (κ3) is 1.73. The maximum absolute atomic E-state index is 12.0. The lowest BCUT2D eigenvalue weighted by Crippen LogP contribution is -2.16. The summed E-state index contributed by atoms with van der Waals surface area (Å²) in [4.78, 5) is 12.0. The fourth-order valence-electron chi connectivity index (χ4n) is 1.64. The second-order valence-corrected chi connectivity index (χ2v) is 3.54. The monoisotopic (exact) mass is 231 g/mol. The maximum atomic E-state index is 12.0. The quantitative estimate of drug-likeness (QED) is 0.774. The van der Waals surface area contributed by atoms with Gasteiger partial charge in [0.05, 0.1) is 6.20 Å². The van der Waals surface area contributed by atoms with E-state index in [0.29, 0.717) is 30.3 Å². The number of carbonyl (C=O) groups is 1. The lowest BCUT2D eigenvalue weighted by molar-refractivity contribution is 0.103. The van der Waals surface area contributed by atoms with E-state index >= 15 is 0 Å². The lowest BCUT2D eigenvalue weighted by Gasteiger charge is -2.18. The van der Waals surface area contributed by atoms with Gasteiger partial charge in [-0.3, -0.25) is 4.79 Å². The van der Waals surface area contributed by atoms with Crippen LogP contribution in [0.4, 0.5) is 0 Å². The summed E-state index contributed by atoms with van der Waals surface area (Å²) in [6, 6.07) is 5.07. The zero-order valence-electron chi connectivity index (χ0n) is 8.84. The largest absolute Gasteiger partial charge is 0.486 e. The van der Waals surface area contributed by atoms with Gasteiger partial charge in [-0.05, 0) is 18.2 Å². The van der Waals surface area contributed by atoms with Crippen LogP contribution < -0.4 is 9.47 Å². The highest BCUT2D eigenvalue weighted by Gasteiger charge is 2.17. The Hall–Kier alpha value is -2.37. The molecule has 1 N–H and O–H groups in total. The molecule has 6 heteroatoms. The van der Waals surface area contributed by atoms with Crippen molar-refractivity contribution in [3.05, 3.63) is 35.7 Å². The molecule has 1 aliphatic rings. The van der Waals surface area contributed by atoms with Gasteiger partial charge in [0.15, 0.2) is 17.2 Å². The molecule has 0 saturated heterocycles. The number of nitrogens with zero attached hydrogens (tertiary/aromatic N) is 2. The fraction of sp³-hybridized carbons (Fsp3) is 0.182. The number of benzene rings is 1. The second-order valence-electron chi connectivity index (χ2n) is 3.54. The normalized spacial score (nSPS) is 13.4. The smallest absolute Gasteiger partial charge is 0.215 e. The SMILES string of the molecule is O=C(c1ccc2c(c1)OCCO2)c1cn[nH]n1. The number of aromatic nitrogens is 3. The van der Waals surface area contributed by atoms with Gasteiger partial charge in [0, 0.05) is 5.56 Å². The van der Waals surface area contributed by atoms with E-state index in [9.17, 15) is 4.79 Å². The van der Waals surface area contributed by atoms with Gasteiger partial charge in [0.2, 0.25) is 5.78 Å². The van der Waals surface area contributed by atoms with Gasteiger partial charge in [-0.25, -0.2) is 0 Å². The second kappa shape index (κ2) is 3.89. The summed E-state index contributed by atoms with van der Waals surface area (Å²) in [6.45, 7) is 1.03. The van der Waals surface area contributed by atoms with Crippen LogP contribution in [0, 0.1) is 0 Å². The summed E-state index contributed by atoms with van der Waals surface area (Å²) in [6.07, 6.45) is 1.39. The first kappa shape index (κ1) is 9.83. The van der Waals surface area contributed by atoms with Gasteiger partial charge in [0.25, 0.3) is 0 Å². The van der Waals surface area contributed by atoms with Crippen LogP contribution in [0.5, 0.6) is 11.5 Å². The van der Waals surface area contributed by atoms with E-state index in [2.05, 4.69) is 15.4 Å². The zero-order chi connectivity index (χ0) is 11.7. The van der Waals surface area contributed by atoms with Crippen molar-refractivity contribution in [1.29, 1.82) is 0 Å². The van der Waals surface area contributed by atoms with Crippen molar-refractivity contribution in [2.45, 2.75) is 0 Å². The predicted molar refractivity (Wildman–Crippen MR) is 57.2 cm³/mol. The third-order valence-corrected chi connectivity index (χ3v) is 2.45. The molecule has 0 aliphatic carbocycles. The first-order valence-electron chi connectivity index (χ1n) is 5.15. The van der Waals surface area contributed by atoms with Crippen LogP contribution in [0.2, 0.25) is 0 Å². The minimum Gasteiger partial charge on any atom is -0.486 e. The molecule has 1 aromatic carbocycles. The number of nitrogens with one attached hydrogen (secondary N) is 1. The molecule has 2 heterocycles. The average molecular weight is 231 g/mol. The van der Waals surface area contributed by atoms with Crippen LogP contribution in [0.3, 0.4) is 0 Å². The Bertz CT molecular complexity index is 551. The molecule has 0 spiro atoms. The summed E-state index contributed by atoms with van der Waals surface area (Å²) < 4.78 is 10.8. The van der Waals surface area contributed by atoms with E-state index in [4.69, 9.17) is 9.47 Å². The van der Waals surface area contributed by atoms with Gasteiger partial charge >= 0.3 is 0 Å². The van der Waals surface area contributed by atoms with E-state index < -0.39 is 0 Å². The van der Waals surface area contributed by atoms with Crippen molar-refractivity contribution < 1.29 is 14.3 Å². The van der Waals surface area contributed by atoms with Crippen LogP contribution in [-0.2, 0) is 0 Å². The maximum Gasteiger partial charge on any atom is 0.215 e. The first-order valence-corrected chi connectivity index (χ1v) is 5.15. The summed E-state index contributed by atoms with van der Waals surface area (Å²) in [5, 5.41) is 9.76. The van der Waals surface area contributed by atoms with Crippen LogP contribution >= 0.6 is 0 Å². The van der Waals surface area contributed by atoms with Gasteiger partial charge in [-0.2, -0.15) is 15.4 Å². The highest BCUT2D eigenvalue weighted by molar-refractivity contribution is 6.07. The number of H-pyrrole nitrogens is 1. The lowest BCUT2D eigenvalue weighted by atomic mass is 10.1. The minimum atomic E-state index is -0.198. The molecule has 0 atom stereocenters. The first-order chi connectivity index (χ1) is 8.34. The number of rotatable bonds is 2. The average Bonchev–Trinajstić information content (AvgIpc) is 2.91. The van der Waals surface area contributed by atoms with E-state index in [1.54, 1.807) is 18.2 Å². The Labute approximate surface area is 96.6 Å². The molecule has 86 valence electrons. The Morgan fingerprint density at radius 3 is 2.82 bits per heavy atom. The van der Waals surface area contributed by atoms with Crippen molar-refractivity contribution in [3.63, 3.8) is 0 Å². The Morgan fingerprint density at radius 1 is 1.24 bits per heavy atom. The summed E-state index contributed by atoms with van der Waals surface area (Å²) >= 11 is 0. The van der Waals surface area contributed by atoms with Crippen LogP contribution in [-0.4, -0.2) is 34.4 Å². The molecule has 0 radical (unpaired) electrons. The molecule has 0 bridgehead atoms. The van der Waals surface area contributed by atoms with E-state index in [1.807, 2.05) is 0 Å². The van der Waals surface area contributed by atoms with Crippen LogP contribution in [0.1, 0.15) is 16.1 Å². The van der Waals surface area contributed by atoms with Crippen LogP contribution in [0.15, 0.2) is 24.4 Å². The number of ether oxygens (including phenoxy) is 2. The Kier molecular flexibility index (Phi) is 2.25. The molecule has 0 unspecified atom stereocenters. The van der Waals surface area contributed by atoms with E-state index in [1.165, 1.54) is 6.20 Å². The molecular formula is C11H9N3O3. The fourth-order valence-corrected chi connectivity index (χ4v) is 1.64. The zero-order valence-corrected chi connectivity index (χ0v) is 8.84. The summed E-state index contributed by atoms with van der Waals surface area (Å²) in [5.74, 6) is 1.05. The third-order valence-electron chi connectivity index (χ3n) is 2.45. The number of carbonyl (C=O) groups excluding carboxylic acids is 1.